The summed E-state index contributed by atoms with van der Waals surface area (Å²) in [7, 11) is -4.99. The predicted molar refractivity (Wildman–Crippen MR) is 65.8 cm³/mol. The van der Waals surface area contributed by atoms with Gasteiger partial charge in [-0.25, -0.2) is 0 Å². The summed E-state index contributed by atoms with van der Waals surface area (Å²) in [5.41, 5.74) is -2.16. The molecular formula is C11H19O7P. The van der Waals surface area contributed by atoms with Gasteiger partial charge in [-0.1, -0.05) is 32.1 Å². The van der Waals surface area contributed by atoms with Gasteiger partial charge in [0, 0.05) is 0 Å². The van der Waals surface area contributed by atoms with Crippen LogP contribution in [-0.4, -0.2) is 37.6 Å². The SMILES string of the molecule is O=C(O)C(CC1CCCCC1)C(C(=O)O)P(=O)(O)O. The van der Waals surface area contributed by atoms with Crippen LogP contribution in [0.4, 0.5) is 0 Å². The summed E-state index contributed by atoms with van der Waals surface area (Å²) < 4.78 is 11.2. The van der Waals surface area contributed by atoms with Crippen molar-refractivity contribution < 1.29 is 34.2 Å². The third-order valence-corrected chi connectivity index (χ3v) is 4.93. The van der Waals surface area contributed by atoms with E-state index < -0.39 is 31.1 Å². The van der Waals surface area contributed by atoms with Gasteiger partial charge in [-0.05, 0) is 12.3 Å². The molecule has 0 radical (unpaired) electrons. The van der Waals surface area contributed by atoms with Crippen molar-refractivity contribution in [2.24, 2.45) is 11.8 Å². The summed E-state index contributed by atoms with van der Waals surface area (Å²) in [6, 6.07) is 0. The fourth-order valence-corrected chi connectivity index (χ4v) is 3.70. The van der Waals surface area contributed by atoms with Crippen LogP contribution in [-0.2, 0) is 14.2 Å². The largest absolute Gasteiger partial charge is 0.481 e. The molecule has 0 amide bonds. The van der Waals surface area contributed by atoms with Crippen molar-refractivity contribution in [2.75, 3.05) is 0 Å². The average molecular weight is 294 g/mol. The van der Waals surface area contributed by atoms with Gasteiger partial charge in [0.15, 0.2) is 5.66 Å². The lowest BCUT2D eigenvalue weighted by Crippen LogP contribution is -2.36. The highest BCUT2D eigenvalue weighted by atomic mass is 31.2. The van der Waals surface area contributed by atoms with Crippen LogP contribution in [0.25, 0.3) is 0 Å². The lowest BCUT2D eigenvalue weighted by molar-refractivity contribution is -0.149. The topological polar surface area (TPSA) is 132 Å². The fraction of sp³-hybridized carbons (Fsp3) is 0.818. The number of hydrogen-bond donors (Lipinski definition) is 4. The molecule has 8 heteroatoms. The molecule has 0 bridgehead atoms. The molecule has 1 rings (SSSR count). The number of carbonyl (C=O) groups is 2. The van der Waals surface area contributed by atoms with E-state index in [1.165, 1.54) is 0 Å². The Bertz CT molecular complexity index is 383. The Kier molecular flexibility index (Phi) is 5.52. The van der Waals surface area contributed by atoms with E-state index in [1.54, 1.807) is 0 Å². The molecule has 1 aliphatic rings. The van der Waals surface area contributed by atoms with E-state index in [9.17, 15) is 14.2 Å². The Morgan fingerprint density at radius 2 is 1.58 bits per heavy atom. The standard InChI is InChI=1S/C11H19O7P/c12-10(13)8(6-7-4-2-1-3-5-7)9(11(14)15)19(16,17)18/h7-9H,1-6H2,(H,12,13)(H,14,15)(H2,16,17,18). The summed E-state index contributed by atoms with van der Waals surface area (Å²) in [5, 5.41) is 18.0. The molecule has 2 atom stereocenters. The van der Waals surface area contributed by atoms with Crippen LogP contribution in [0.15, 0.2) is 0 Å². The Labute approximate surface area is 110 Å². The minimum absolute atomic E-state index is 0.0113. The van der Waals surface area contributed by atoms with Crippen molar-refractivity contribution in [1.29, 1.82) is 0 Å². The summed E-state index contributed by atoms with van der Waals surface area (Å²) >= 11 is 0. The molecule has 1 aliphatic carbocycles. The Morgan fingerprint density at radius 3 is 1.95 bits per heavy atom. The van der Waals surface area contributed by atoms with E-state index in [4.69, 9.17) is 20.0 Å². The van der Waals surface area contributed by atoms with Crippen molar-refractivity contribution in [2.45, 2.75) is 44.2 Å². The Morgan fingerprint density at radius 1 is 1.05 bits per heavy atom. The molecule has 1 saturated carbocycles. The van der Waals surface area contributed by atoms with Gasteiger partial charge in [0.05, 0.1) is 5.92 Å². The number of rotatable bonds is 6. The van der Waals surface area contributed by atoms with Gasteiger partial charge >= 0.3 is 19.5 Å². The maximum Gasteiger partial charge on any atom is 0.340 e. The van der Waals surface area contributed by atoms with Crippen LogP contribution in [0.2, 0.25) is 0 Å². The third kappa shape index (κ3) is 4.60. The monoisotopic (exact) mass is 294 g/mol. The lowest BCUT2D eigenvalue weighted by atomic mass is 9.81. The van der Waals surface area contributed by atoms with Crippen molar-refractivity contribution in [3.05, 3.63) is 0 Å². The fourth-order valence-electron chi connectivity index (χ4n) is 2.70. The first-order chi connectivity index (χ1) is 8.73. The zero-order chi connectivity index (χ0) is 14.6. The smallest absolute Gasteiger partial charge is 0.340 e. The van der Waals surface area contributed by atoms with Gasteiger partial charge < -0.3 is 20.0 Å². The molecule has 0 saturated heterocycles. The molecule has 7 nitrogen and oxygen atoms in total. The van der Waals surface area contributed by atoms with Gasteiger partial charge in [-0.2, -0.15) is 0 Å². The van der Waals surface area contributed by atoms with Crippen LogP contribution >= 0.6 is 7.60 Å². The van der Waals surface area contributed by atoms with Gasteiger partial charge in [0.25, 0.3) is 0 Å². The summed E-state index contributed by atoms with van der Waals surface area (Å²) in [5.74, 6) is -4.72. The van der Waals surface area contributed by atoms with Crippen molar-refractivity contribution in [1.82, 2.24) is 0 Å². The van der Waals surface area contributed by atoms with Crippen LogP contribution < -0.4 is 0 Å². The van der Waals surface area contributed by atoms with Crippen LogP contribution in [0.5, 0.6) is 0 Å². The first-order valence-electron chi connectivity index (χ1n) is 6.24. The quantitative estimate of drug-likeness (QED) is 0.542. The second-order valence-corrected chi connectivity index (χ2v) is 6.79. The van der Waals surface area contributed by atoms with Crippen LogP contribution in [0.1, 0.15) is 38.5 Å². The second-order valence-electron chi connectivity index (χ2n) is 5.06. The third-order valence-electron chi connectivity index (χ3n) is 3.63. The van der Waals surface area contributed by atoms with Crippen molar-refractivity contribution in [3.8, 4) is 0 Å². The van der Waals surface area contributed by atoms with E-state index in [0.29, 0.717) is 0 Å². The number of carboxylic acid groups (broad SMARTS) is 2. The summed E-state index contributed by atoms with van der Waals surface area (Å²) in [4.78, 5) is 40.3. The summed E-state index contributed by atoms with van der Waals surface area (Å²) in [6.45, 7) is 0. The van der Waals surface area contributed by atoms with Gasteiger partial charge in [0.2, 0.25) is 0 Å². The van der Waals surface area contributed by atoms with Gasteiger partial charge in [-0.15, -0.1) is 0 Å². The normalized spacial score (nSPS) is 20.7. The maximum absolute atomic E-state index is 11.2. The minimum Gasteiger partial charge on any atom is -0.481 e. The first-order valence-corrected chi connectivity index (χ1v) is 7.92. The zero-order valence-corrected chi connectivity index (χ0v) is 11.3. The first kappa shape index (κ1) is 16.1. The van der Waals surface area contributed by atoms with E-state index in [0.717, 1.165) is 32.1 Å². The Balaban J connectivity index is 2.88. The van der Waals surface area contributed by atoms with Crippen molar-refractivity contribution >= 4 is 19.5 Å². The molecule has 0 spiro atoms. The van der Waals surface area contributed by atoms with E-state index in [1.807, 2.05) is 0 Å². The maximum atomic E-state index is 11.2. The Hall–Kier alpha value is -0.910. The molecule has 0 aromatic heterocycles. The van der Waals surface area contributed by atoms with Crippen LogP contribution in [0, 0.1) is 11.8 Å². The molecule has 1 fully saturated rings. The predicted octanol–water partition coefficient (Wildman–Crippen LogP) is 1.29. The molecule has 110 valence electrons. The molecule has 0 aliphatic heterocycles. The minimum atomic E-state index is -4.99. The number of hydrogen-bond acceptors (Lipinski definition) is 3. The molecule has 2 unspecified atom stereocenters. The number of aliphatic carboxylic acids is 2. The van der Waals surface area contributed by atoms with Crippen LogP contribution in [0.3, 0.4) is 0 Å². The molecular weight excluding hydrogens is 275 g/mol. The average Bonchev–Trinajstić information content (AvgIpc) is 2.27. The highest BCUT2D eigenvalue weighted by molar-refractivity contribution is 7.53. The van der Waals surface area contributed by atoms with E-state index in [2.05, 4.69) is 0 Å². The van der Waals surface area contributed by atoms with E-state index >= 15 is 0 Å². The second kappa shape index (κ2) is 6.50. The highest BCUT2D eigenvalue weighted by Gasteiger charge is 2.46. The van der Waals surface area contributed by atoms with Gasteiger partial charge in [-0.3, -0.25) is 14.2 Å². The molecule has 4 N–H and O–H groups in total. The highest BCUT2D eigenvalue weighted by Crippen LogP contribution is 2.47. The van der Waals surface area contributed by atoms with E-state index in [-0.39, 0.29) is 12.3 Å². The zero-order valence-electron chi connectivity index (χ0n) is 10.4. The number of carboxylic acids is 2. The molecule has 19 heavy (non-hydrogen) atoms. The molecule has 0 aromatic carbocycles. The molecule has 0 heterocycles. The van der Waals surface area contributed by atoms with Crippen molar-refractivity contribution in [3.63, 3.8) is 0 Å². The van der Waals surface area contributed by atoms with Gasteiger partial charge in [0.1, 0.15) is 0 Å². The molecule has 0 aromatic rings. The lowest BCUT2D eigenvalue weighted by Gasteiger charge is -2.27. The summed E-state index contributed by atoms with van der Waals surface area (Å²) in [6.07, 6.45) is 4.55.